The fraction of sp³-hybridized carbons (Fsp3) is 0.857. The molecule has 0 aliphatic carbocycles. The van der Waals surface area contributed by atoms with E-state index in [2.05, 4.69) is 11.7 Å². The van der Waals surface area contributed by atoms with Gasteiger partial charge in [-0.05, 0) is 12.8 Å². The summed E-state index contributed by atoms with van der Waals surface area (Å²) < 4.78 is 10.1. The summed E-state index contributed by atoms with van der Waals surface area (Å²) in [5.74, 6) is -0.607. The Bertz CT molecular complexity index is 268. The van der Waals surface area contributed by atoms with E-state index in [1.807, 2.05) is 0 Å². The molecule has 0 aliphatic rings. The third-order valence-electron chi connectivity index (χ3n) is 2.90. The van der Waals surface area contributed by atoms with E-state index < -0.39 is 0 Å². The summed E-state index contributed by atoms with van der Waals surface area (Å²) in [7, 11) is 1.36. The first-order valence-electron chi connectivity index (χ1n) is 6.94. The Kier molecular flexibility index (Phi) is 10.2. The summed E-state index contributed by atoms with van der Waals surface area (Å²) in [6.07, 6.45) is 2.98. The van der Waals surface area contributed by atoms with E-state index in [4.69, 9.17) is 4.74 Å². The van der Waals surface area contributed by atoms with Gasteiger partial charge < -0.3 is 14.4 Å². The van der Waals surface area contributed by atoms with E-state index in [-0.39, 0.29) is 17.8 Å². The van der Waals surface area contributed by atoms with Gasteiger partial charge in [0.05, 0.1) is 13.0 Å². The van der Waals surface area contributed by atoms with Gasteiger partial charge in [0.1, 0.15) is 0 Å². The topological polar surface area (TPSA) is 55.8 Å². The Morgan fingerprint density at radius 1 is 1.21 bits per heavy atom. The molecule has 0 aromatic rings. The van der Waals surface area contributed by atoms with Gasteiger partial charge in [0.2, 0.25) is 5.91 Å². The monoisotopic (exact) mass is 273 g/mol. The maximum atomic E-state index is 11.5. The number of unbranched alkanes of at least 4 members (excludes halogenated alkanes) is 1. The van der Waals surface area contributed by atoms with Crippen molar-refractivity contribution >= 4 is 11.9 Å². The fourth-order valence-corrected chi connectivity index (χ4v) is 1.69. The number of carbonyl (C=O) groups is 2. The number of esters is 1. The average Bonchev–Trinajstić information content (AvgIpc) is 2.39. The van der Waals surface area contributed by atoms with Gasteiger partial charge in [-0.25, -0.2) is 0 Å². The normalized spacial score (nSPS) is 12.0. The number of amides is 1. The molecule has 19 heavy (non-hydrogen) atoms. The second-order valence-electron chi connectivity index (χ2n) is 4.71. The van der Waals surface area contributed by atoms with Crippen molar-refractivity contribution in [1.82, 2.24) is 4.90 Å². The van der Waals surface area contributed by atoms with Crippen LogP contribution in [0.15, 0.2) is 0 Å². The average molecular weight is 273 g/mol. The van der Waals surface area contributed by atoms with Crippen molar-refractivity contribution in [1.29, 1.82) is 0 Å². The van der Waals surface area contributed by atoms with Gasteiger partial charge in [0.15, 0.2) is 0 Å². The first-order chi connectivity index (χ1) is 9.02. The number of hydrogen-bond acceptors (Lipinski definition) is 4. The van der Waals surface area contributed by atoms with Crippen molar-refractivity contribution in [2.45, 2.75) is 40.0 Å². The molecule has 1 atom stereocenters. The summed E-state index contributed by atoms with van der Waals surface area (Å²) in [5, 5.41) is 0. The van der Waals surface area contributed by atoms with Crippen molar-refractivity contribution in [3.8, 4) is 0 Å². The van der Waals surface area contributed by atoms with Gasteiger partial charge in [0.25, 0.3) is 0 Å². The second kappa shape index (κ2) is 10.8. The molecule has 5 heteroatoms. The molecular formula is C14H27NO4. The maximum Gasteiger partial charge on any atom is 0.310 e. The van der Waals surface area contributed by atoms with Gasteiger partial charge >= 0.3 is 5.97 Å². The zero-order valence-corrected chi connectivity index (χ0v) is 12.6. The lowest BCUT2D eigenvalue weighted by Gasteiger charge is -2.23. The quantitative estimate of drug-likeness (QED) is 0.450. The zero-order valence-electron chi connectivity index (χ0n) is 12.6. The third kappa shape index (κ3) is 8.59. The highest BCUT2D eigenvalue weighted by Gasteiger charge is 2.18. The minimum atomic E-state index is -0.296. The van der Waals surface area contributed by atoms with E-state index in [1.54, 1.807) is 11.8 Å². The lowest BCUT2D eigenvalue weighted by atomic mass is 10.1. The summed E-state index contributed by atoms with van der Waals surface area (Å²) >= 11 is 0. The summed E-state index contributed by atoms with van der Waals surface area (Å²) in [6.45, 7) is 7.84. The molecule has 0 heterocycles. The molecule has 0 fully saturated rings. The Labute approximate surface area is 116 Å². The van der Waals surface area contributed by atoms with Gasteiger partial charge in [-0.2, -0.15) is 0 Å². The number of carbonyl (C=O) groups excluding carboxylic acids is 2. The highest BCUT2D eigenvalue weighted by atomic mass is 16.5. The molecular weight excluding hydrogens is 246 g/mol. The van der Waals surface area contributed by atoms with E-state index in [9.17, 15) is 9.59 Å². The molecule has 0 spiro atoms. The standard InChI is InChI=1S/C14H27NO4/c1-5-6-9-19-10-7-8-15(13(3)16)11-12(2)14(17)18-4/h12H,5-11H2,1-4H3. The molecule has 0 aromatic carbocycles. The molecule has 1 amide bonds. The highest BCUT2D eigenvalue weighted by Crippen LogP contribution is 2.04. The third-order valence-corrected chi connectivity index (χ3v) is 2.90. The minimum Gasteiger partial charge on any atom is -0.469 e. The van der Waals surface area contributed by atoms with Crippen LogP contribution >= 0.6 is 0 Å². The van der Waals surface area contributed by atoms with Crippen LogP contribution in [0.1, 0.15) is 40.0 Å². The molecule has 0 N–H and O–H groups in total. The Hall–Kier alpha value is -1.10. The molecule has 1 unspecified atom stereocenters. The second-order valence-corrected chi connectivity index (χ2v) is 4.71. The van der Waals surface area contributed by atoms with Crippen LogP contribution in [0.2, 0.25) is 0 Å². The maximum absolute atomic E-state index is 11.5. The Morgan fingerprint density at radius 2 is 1.84 bits per heavy atom. The first-order valence-corrected chi connectivity index (χ1v) is 6.94. The van der Waals surface area contributed by atoms with Gasteiger partial charge in [-0.15, -0.1) is 0 Å². The number of rotatable bonds is 10. The molecule has 112 valence electrons. The van der Waals surface area contributed by atoms with Gasteiger partial charge in [-0.3, -0.25) is 9.59 Å². The molecule has 0 radical (unpaired) electrons. The number of methoxy groups -OCH3 is 1. The lowest BCUT2D eigenvalue weighted by Crippen LogP contribution is -2.36. The lowest BCUT2D eigenvalue weighted by molar-refractivity contribution is -0.146. The largest absolute Gasteiger partial charge is 0.469 e. The van der Waals surface area contributed by atoms with Crippen molar-refractivity contribution < 1.29 is 19.1 Å². The van der Waals surface area contributed by atoms with Crippen molar-refractivity contribution in [2.75, 3.05) is 33.4 Å². The van der Waals surface area contributed by atoms with Crippen LogP contribution in [0.4, 0.5) is 0 Å². The molecule has 0 saturated heterocycles. The van der Waals surface area contributed by atoms with Crippen LogP contribution < -0.4 is 0 Å². The van der Waals surface area contributed by atoms with Crippen molar-refractivity contribution in [3.05, 3.63) is 0 Å². The molecule has 0 saturated carbocycles. The SMILES string of the molecule is CCCCOCCCN(CC(C)C(=O)OC)C(C)=O. The number of hydrogen-bond donors (Lipinski definition) is 0. The van der Waals surface area contributed by atoms with Crippen molar-refractivity contribution in [3.63, 3.8) is 0 Å². The van der Waals surface area contributed by atoms with Crippen molar-refractivity contribution in [2.24, 2.45) is 5.92 Å². The summed E-state index contributed by atoms with van der Waals surface area (Å²) in [6, 6.07) is 0. The smallest absolute Gasteiger partial charge is 0.310 e. The van der Waals surface area contributed by atoms with Crippen LogP contribution in [0.3, 0.4) is 0 Å². The molecule has 0 aliphatic heterocycles. The van der Waals surface area contributed by atoms with Crippen LogP contribution in [0.25, 0.3) is 0 Å². The van der Waals surface area contributed by atoms with Crippen LogP contribution in [-0.4, -0.2) is 50.2 Å². The van der Waals surface area contributed by atoms with Crippen LogP contribution in [-0.2, 0) is 19.1 Å². The Balaban J connectivity index is 3.93. The van der Waals surface area contributed by atoms with Crippen LogP contribution in [0, 0.1) is 5.92 Å². The van der Waals surface area contributed by atoms with Gasteiger partial charge in [0, 0.05) is 33.2 Å². The molecule has 0 bridgehead atoms. The van der Waals surface area contributed by atoms with E-state index in [1.165, 1.54) is 14.0 Å². The molecule has 0 aromatic heterocycles. The number of nitrogens with zero attached hydrogens (tertiary/aromatic N) is 1. The first kappa shape index (κ1) is 17.9. The van der Waals surface area contributed by atoms with E-state index in [0.717, 1.165) is 25.9 Å². The predicted octanol–water partition coefficient (Wildman–Crippen LogP) is 1.85. The van der Waals surface area contributed by atoms with Gasteiger partial charge in [-0.1, -0.05) is 20.3 Å². The summed E-state index contributed by atoms with van der Waals surface area (Å²) in [5.41, 5.74) is 0. The van der Waals surface area contributed by atoms with E-state index >= 15 is 0 Å². The fourth-order valence-electron chi connectivity index (χ4n) is 1.69. The van der Waals surface area contributed by atoms with Crippen LogP contribution in [0.5, 0.6) is 0 Å². The highest BCUT2D eigenvalue weighted by molar-refractivity contribution is 5.76. The number of ether oxygens (including phenoxy) is 2. The zero-order chi connectivity index (χ0) is 14.7. The Morgan fingerprint density at radius 3 is 2.37 bits per heavy atom. The molecule has 5 nitrogen and oxygen atoms in total. The molecule has 0 rings (SSSR count). The van der Waals surface area contributed by atoms with E-state index in [0.29, 0.717) is 19.7 Å². The summed E-state index contributed by atoms with van der Waals surface area (Å²) in [4.78, 5) is 24.5. The predicted molar refractivity (Wildman–Crippen MR) is 73.8 cm³/mol. The minimum absolute atomic E-state index is 0.0238.